The van der Waals surface area contributed by atoms with E-state index in [1.54, 1.807) is 0 Å². The summed E-state index contributed by atoms with van der Waals surface area (Å²) < 4.78 is 0. The minimum atomic E-state index is -1.23. The topological polar surface area (TPSA) is 78.4 Å². The normalized spacial score (nSPS) is 23.7. The van der Waals surface area contributed by atoms with Crippen molar-refractivity contribution in [1.82, 2.24) is 10.6 Å². The Hall–Kier alpha value is -1.26. The number of amides is 2. The van der Waals surface area contributed by atoms with Crippen molar-refractivity contribution >= 4 is 12.0 Å². The summed E-state index contributed by atoms with van der Waals surface area (Å²) in [5.74, 6) is -0.240. The number of carbonyl (C=O) groups is 2. The summed E-state index contributed by atoms with van der Waals surface area (Å²) >= 11 is 0. The average molecular weight is 270 g/mol. The molecule has 0 radical (unpaired) electrons. The molecule has 1 saturated carbocycles. The van der Waals surface area contributed by atoms with Crippen LogP contribution in [0.25, 0.3) is 0 Å². The highest BCUT2D eigenvalue weighted by atomic mass is 16.4. The molecule has 0 aromatic rings. The number of carboxylic acids is 1. The summed E-state index contributed by atoms with van der Waals surface area (Å²) in [5, 5.41) is 14.3. The number of aliphatic carboxylic acids is 1. The Balaban J connectivity index is 2.33. The van der Waals surface area contributed by atoms with Crippen LogP contribution in [0.2, 0.25) is 0 Å². The van der Waals surface area contributed by atoms with E-state index in [9.17, 15) is 9.59 Å². The lowest BCUT2D eigenvalue weighted by atomic mass is 9.83. The van der Waals surface area contributed by atoms with E-state index in [0.29, 0.717) is 0 Å². The van der Waals surface area contributed by atoms with Gasteiger partial charge in [-0.15, -0.1) is 0 Å². The monoisotopic (exact) mass is 270 g/mol. The summed E-state index contributed by atoms with van der Waals surface area (Å²) in [6, 6.07) is -0.205. The molecule has 0 bridgehead atoms. The molecule has 0 saturated heterocycles. The fourth-order valence-corrected chi connectivity index (χ4v) is 2.56. The van der Waals surface area contributed by atoms with Crippen molar-refractivity contribution in [2.45, 2.75) is 70.9 Å². The Morgan fingerprint density at radius 1 is 1.21 bits per heavy atom. The molecule has 0 spiro atoms. The van der Waals surface area contributed by atoms with Crippen molar-refractivity contribution in [3.8, 4) is 0 Å². The molecule has 0 heterocycles. The standard InChI is InChI=1S/C14H26N2O3/c1-4-5-10-6-8-11(9-7-10)15-13(19)16-14(2,3)12(17)18/h10-11H,4-9H2,1-3H3,(H,17,18)(H2,15,16,19). The van der Waals surface area contributed by atoms with Gasteiger partial charge in [-0.2, -0.15) is 0 Å². The first kappa shape index (κ1) is 15.8. The Morgan fingerprint density at radius 2 is 1.79 bits per heavy atom. The molecule has 5 nitrogen and oxygen atoms in total. The average Bonchev–Trinajstić information content (AvgIpc) is 2.31. The first-order valence-corrected chi connectivity index (χ1v) is 7.17. The third-order valence-corrected chi connectivity index (χ3v) is 3.84. The SMILES string of the molecule is CCCC1CCC(NC(=O)NC(C)(C)C(=O)O)CC1. The van der Waals surface area contributed by atoms with E-state index in [0.717, 1.165) is 31.6 Å². The molecule has 0 unspecified atom stereocenters. The van der Waals surface area contributed by atoms with Gasteiger partial charge >= 0.3 is 12.0 Å². The molecule has 1 aliphatic carbocycles. The predicted molar refractivity (Wildman–Crippen MR) is 74.0 cm³/mol. The van der Waals surface area contributed by atoms with Gasteiger partial charge in [0.25, 0.3) is 0 Å². The minimum Gasteiger partial charge on any atom is -0.480 e. The molecule has 0 atom stereocenters. The zero-order valence-electron chi connectivity index (χ0n) is 12.2. The third-order valence-electron chi connectivity index (χ3n) is 3.84. The molecular formula is C14H26N2O3. The van der Waals surface area contributed by atoms with Gasteiger partial charge < -0.3 is 15.7 Å². The molecule has 3 N–H and O–H groups in total. The summed E-state index contributed by atoms with van der Waals surface area (Å²) in [4.78, 5) is 22.7. The number of urea groups is 1. The van der Waals surface area contributed by atoms with Crippen molar-refractivity contribution < 1.29 is 14.7 Å². The smallest absolute Gasteiger partial charge is 0.328 e. The van der Waals surface area contributed by atoms with Gasteiger partial charge in [-0.1, -0.05) is 19.8 Å². The maximum atomic E-state index is 11.8. The highest BCUT2D eigenvalue weighted by Crippen LogP contribution is 2.27. The minimum absolute atomic E-state index is 0.178. The Bertz CT molecular complexity index is 321. The van der Waals surface area contributed by atoms with Gasteiger partial charge in [0.05, 0.1) is 0 Å². The van der Waals surface area contributed by atoms with Crippen LogP contribution in [0.5, 0.6) is 0 Å². The molecule has 110 valence electrons. The maximum Gasteiger partial charge on any atom is 0.328 e. The number of hydrogen-bond donors (Lipinski definition) is 3. The quantitative estimate of drug-likeness (QED) is 0.718. The summed E-state index contributed by atoms with van der Waals surface area (Å²) in [7, 11) is 0. The van der Waals surface area contributed by atoms with Crippen molar-refractivity contribution in [3.05, 3.63) is 0 Å². The van der Waals surface area contributed by atoms with Crippen molar-refractivity contribution in [3.63, 3.8) is 0 Å². The Labute approximate surface area is 115 Å². The first-order valence-electron chi connectivity index (χ1n) is 7.17. The maximum absolute atomic E-state index is 11.8. The lowest BCUT2D eigenvalue weighted by molar-refractivity contribution is -0.142. The number of rotatable bonds is 5. The molecule has 5 heteroatoms. The van der Waals surface area contributed by atoms with Crippen LogP contribution in [0.3, 0.4) is 0 Å². The number of hydrogen-bond acceptors (Lipinski definition) is 2. The van der Waals surface area contributed by atoms with Gasteiger partial charge in [-0.25, -0.2) is 9.59 Å². The molecule has 0 aromatic carbocycles. The van der Waals surface area contributed by atoms with Gasteiger partial charge in [-0.05, 0) is 45.4 Å². The van der Waals surface area contributed by atoms with Crippen LogP contribution < -0.4 is 10.6 Å². The number of carbonyl (C=O) groups excluding carboxylic acids is 1. The first-order chi connectivity index (χ1) is 8.85. The van der Waals surface area contributed by atoms with Crippen LogP contribution in [-0.2, 0) is 4.79 Å². The van der Waals surface area contributed by atoms with Gasteiger partial charge in [0.2, 0.25) is 0 Å². The summed E-state index contributed by atoms with van der Waals surface area (Å²) in [6.07, 6.45) is 6.78. The molecular weight excluding hydrogens is 244 g/mol. The zero-order valence-corrected chi connectivity index (χ0v) is 12.2. The van der Waals surface area contributed by atoms with Gasteiger partial charge in [-0.3, -0.25) is 0 Å². The van der Waals surface area contributed by atoms with Crippen LogP contribution in [0.4, 0.5) is 4.79 Å². The zero-order chi connectivity index (χ0) is 14.5. The molecule has 1 fully saturated rings. The van der Waals surface area contributed by atoms with Crippen LogP contribution in [0.15, 0.2) is 0 Å². The highest BCUT2D eigenvalue weighted by molar-refractivity contribution is 5.85. The van der Waals surface area contributed by atoms with Crippen molar-refractivity contribution in [2.75, 3.05) is 0 Å². The van der Waals surface area contributed by atoms with E-state index in [-0.39, 0.29) is 12.1 Å². The van der Waals surface area contributed by atoms with E-state index < -0.39 is 11.5 Å². The second kappa shape index (κ2) is 6.78. The van der Waals surface area contributed by atoms with Crippen LogP contribution in [0.1, 0.15) is 59.3 Å². The number of nitrogens with one attached hydrogen (secondary N) is 2. The van der Waals surface area contributed by atoms with Crippen LogP contribution >= 0.6 is 0 Å². The number of carboxylic acid groups (broad SMARTS) is 1. The Morgan fingerprint density at radius 3 is 2.26 bits per heavy atom. The molecule has 0 aromatic heterocycles. The predicted octanol–water partition coefficient (Wildman–Crippen LogP) is 2.51. The van der Waals surface area contributed by atoms with Gasteiger partial charge in [0.15, 0.2) is 0 Å². The fourth-order valence-electron chi connectivity index (χ4n) is 2.56. The van der Waals surface area contributed by atoms with Crippen molar-refractivity contribution in [1.29, 1.82) is 0 Å². The highest BCUT2D eigenvalue weighted by Gasteiger charge is 2.30. The molecule has 2 amide bonds. The van der Waals surface area contributed by atoms with E-state index in [4.69, 9.17) is 5.11 Å². The van der Waals surface area contributed by atoms with Gasteiger partial charge in [0.1, 0.15) is 5.54 Å². The molecule has 19 heavy (non-hydrogen) atoms. The van der Waals surface area contributed by atoms with Crippen LogP contribution in [-0.4, -0.2) is 28.7 Å². The largest absolute Gasteiger partial charge is 0.480 e. The van der Waals surface area contributed by atoms with E-state index in [1.807, 2.05) is 0 Å². The third kappa shape index (κ3) is 5.09. The van der Waals surface area contributed by atoms with E-state index in [1.165, 1.54) is 26.7 Å². The molecule has 1 rings (SSSR count). The summed E-state index contributed by atoms with van der Waals surface area (Å²) in [5.41, 5.74) is -1.23. The second-order valence-electron chi connectivity index (χ2n) is 6.03. The molecule has 0 aliphatic heterocycles. The van der Waals surface area contributed by atoms with E-state index in [2.05, 4.69) is 17.6 Å². The van der Waals surface area contributed by atoms with Crippen LogP contribution in [0, 0.1) is 5.92 Å². The lowest BCUT2D eigenvalue weighted by Gasteiger charge is -2.30. The van der Waals surface area contributed by atoms with E-state index >= 15 is 0 Å². The lowest BCUT2D eigenvalue weighted by Crippen LogP contribution is -2.55. The van der Waals surface area contributed by atoms with Gasteiger partial charge in [0, 0.05) is 6.04 Å². The second-order valence-corrected chi connectivity index (χ2v) is 6.03. The molecule has 1 aliphatic rings. The fraction of sp³-hybridized carbons (Fsp3) is 0.857. The van der Waals surface area contributed by atoms with Crippen molar-refractivity contribution in [2.24, 2.45) is 5.92 Å². The summed E-state index contributed by atoms with van der Waals surface area (Å²) in [6.45, 7) is 5.16. The Kier molecular flexibility index (Phi) is 5.63.